The molecule has 0 heterocycles. The van der Waals surface area contributed by atoms with Crippen LogP contribution in [0.2, 0.25) is 0 Å². The fourth-order valence-corrected chi connectivity index (χ4v) is 0.165. The van der Waals surface area contributed by atoms with Crippen molar-refractivity contribution in [3.05, 3.63) is 12.7 Å². The van der Waals surface area contributed by atoms with Crippen LogP contribution in [0.5, 0.6) is 0 Å². The molecule has 7 heavy (non-hydrogen) atoms. The predicted molar refractivity (Wildman–Crippen MR) is 25.9 cm³/mol. The molecule has 0 amide bonds. The molecule has 0 aromatic rings. The van der Waals surface area contributed by atoms with Crippen molar-refractivity contribution in [2.24, 2.45) is 0 Å². The topological polar surface area (TPSA) is 34.1 Å². The first kappa shape index (κ1) is 6.08. The number of carbonyl (C=O) groups excluding carboxylic acids is 2. The molecule has 0 aliphatic rings. The van der Waals surface area contributed by atoms with Gasteiger partial charge in [-0.15, -0.1) is 0 Å². The summed E-state index contributed by atoms with van der Waals surface area (Å²) in [5.41, 5.74) is 0. The van der Waals surface area contributed by atoms with E-state index < -0.39 is 0 Å². The molecule has 0 N–H and O–H groups in total. The van der Waals surface area contributed by atoms with E-state index in [4.69, 9.17) is 0 Å². The standard InChI is InChI=1S/C5H6O2/c1-2-5(7)3-4-6/h2,4H,1,3H2. The van der Waals surface area contributed by atoms with Crippen molar-refractivity contribution >= 4 is 12.1 Å². The number of hydrogen-bond donors (Lipinski definition) is 0. The molecular formula is C5H6O2. The molecule has 38 valence electrons. The molecular weight excluding hydrogens is 92.1 g/mol. The third-order valence-corrected chi connectivity index (χ3v) is 0.512. The fraction of sp³-hybridized carbons (Fsp3) is 0.200. The van der Waals surface area contributed by atoms with E-state index in [0.717, 1.165) is 6.08 Å². The lowest BCUT2D eigenvalue weighted by molar-refractivity contribution is -0.118. The minimum atomic E-state index is -0.227. The SMILES string of the molecule is C=CC(=O)CC=O. The zero-order valence-electron chi connectivity index (χ0n) is 3.89. The van der Waals surface area contributed by atoms with Crippen LogP contribution in [0.15, 0.2) is 12.7 Å². The Bertz CT molecular complexity index is 94.3. The zero-order valence-corrected chi connectivity index (χ0v) is 3.89. The molecule has 0 aromatic carbocycles. The molecule has 0 aromatic heterocycles. The Morgan fingerprint density at radius 3 is 2.43 bits per heavy atom. The van der Waals surface area contributed by atoms with Gasteiger partial charge in [-0.2, -0.15) is 0 Å². The Morgan fingerprint density at radius 1 is 1.71 bits per heavy atom. The van der Waals surface area contributed by atoms with Gasteiger partial charge in [0.05, 0.1) is 6.42 Å². The number of rotatable bonds is 3. The molecule has 0 saturated carbocycles. The molecule has 0 aliphatic carbocycles. The van der Waals surface area contributed by atoms with Gasteiger partial charge in [-0.05, 0) is 6.08 Å². The average Bonchev–Trinajstić information content (AvgIpc) is 1.68. The summed E-state index contributed by atoms with van der Waals surface area (Å²) in [5.74, 6) is -0.227. The summed E-state index contributed by atoms with van der Waals surface area (Å²) in [7, 11) is 0. The van der Waals surface area contributed by atoms with Gasteiger partial charge in [0.2, 0.25) is 0 Å². The van der Waals surface area contributed by atoms with Crippen LogP contribution in [0.1, 0.15) is 6.42 Å². The summed E-state index contributed by atoms with van der Waals surface area (Å²) in [5, 5.41) is 0. The van der Waals surface area contributed by atoms with Crippen molar-refractivity contribution < 1.29 is 9.59 Å². The lowest BCUT2D eigenvalue weighted by atomic mass is 10.3. The molecule has 0 aliphatic heterocycles. The van der Waals surface area contributed by atoms with Crippen LogP contribution >= 0.6 is 0 Å². The molecule has 0 fully saturated rings. The molecule has 2 heteroatoms. The highest BCUT2D eigenvalue weighted by molar-refractivity contribution is 5.97. The highest BCUT2D eigenvalue weighted by atomic mass is 16.1. The van der Waals surface area contributed by atoms with E-state index in [1.807, 2.05) is 0 Å². The first-order valence-corrected chi connectivity index (χ1v) is 1.90. The maximum absolute atomic E-state index is 10.1. The normalized spacial score (nSPS) is 7.43. The molecule has 0 bridgehead atoms. The maximum atomic E-state index is 10.1. The van der Waals surface area contributed by atoms with Gasteiger partial charge >= 0.3 is 0 Å². The summed E-state index contributed by atoms with van der Waals surface area (Å²) in [6, 6.07) is 0. The van der Waals surface area contributed by atoms with Crippen molar-refractivity contribution in [2.45, 2.75) is 6.42 Å². The van der Waals surface area contributed by atoms with Crippen molar-refractivity contribution in [3.63, 3.8) is 0 Å². The van der Waals surface area contributed by atoms with E-state index in [2.05, 4.69) is 6.58 Å². The Balaban J connectivity index is 3.36. The molecule has 0 radical (unpaired) electrons. The van der Waals surface area contributed by atoms with Crippen molar-refractivity contribution in [1.82, 2.24) is 0 Å². The molecule has 0 rings (SSSR count). The summed E-state index contributed by atoms with van der Waals surface area (Å²) in [4.78, 5) is 19.6. The summed E-state index contributed by atoms with van der Waals surface area (Å²) in [6.07, 6.45) is 1.65. The largest absolute Gasteiger partial charge is 0.303 e. The third-order valence-electron chi connectivity index (χ3n) is 0.512. The molecule has 2 nitrogen and oxygen atoms in total. The van der Waals surface area contributed by atoms with E-state index in [1.165, 1.54) is 0 Å². The first-order chi connectivity index (χ1) is 3.31. The zero-order chi connectivity index (χ0) is 5.70. The van der Waals surface area contributed by atoms with Crippen LogP contribution in [0, 0.1) is 0 Å². The average molecular weight is 98.1 g/mol. The molecule has 0 spiro atoms. The smallest absolute Gasteiger partial charge is 0.162 e. The Kier molecular flexibility index (Phi) is 2.85. The van der Waals surface area contributed by atoms with Gasteiger partial charge in [0, 0.05) is 0 Å². The minimum absolute atomic E-state index is 0.0382. The second kappa shape index (κ2) is 3.28. The van der Waals surface area contributed by atoms with E-state index >= 15 is 0 Å². The number of allylic oxidation sites excluding steroid dienone is 1. The predicted octanol–water partition coefficient (Wildman–Crippen LogP) is 0.330. The van der Waals surface area contributed by atoms with Gasteiger partial charge in [0.25, 0.3) is 0 Å². The summed E-state index contributed by atoms with van der Waals surface area (Å²) < 4.78 is 0. The van der Waals surface area contributed by atoms with E-state index in [1.54, 1.807) is 0 Å². The second-order valence-electron chi connectivity index (χ2n) is 1.04. The van der Waals surface area contributed by atoms with Gasteiger partial charge in [-0.1, -0.05) is 6.58 Å². The minimum Gasteiger partial charge on any atom is -0.303 e. The summed E-state index contributed by atoms with van der Waals surface area (Å²) in [6.45, 7) is 3.17. The van der Waals surface area contributed by atoms with Crippen LogP contribution in [0.3, 0.4) is 0 Å². The Hall–Kier alpha value is -0.920. The lowest BCUT2D eigenvalue weighted by Crippen LogP contribution is -1.89. The van der Waals surface area contributed by atoms with E-state index in [9.17, 15) is 9.59 Å². The number of aldehydes is 1. The fourth-order valence-electron chi connectivity index (χ4n) is 0.165. The molecule has 0 unspecified atom stereocenters. The van der Waals surface area contributed by atoms with E-state index in [0.29, 0.717) is 6.29 Å². The van der Waals surface area contributed by atoms with Crippen LogP contribution in [-0.2, 0) is 9.59 Å². The van der Waals surface area contributed by atoms with Gasteiger partial charge in [0.15, 0.2) is 5.78 Å². The van der Waals surface area contributed by atoms with Crippen molar-refractivity contribution in [2.75, 3.05) is 0 Å². The number of hydrogen-bond acceptors (Lipinski definition) is 2. The lowest BCUT2D eigenvalue weighted by Gasteiger charge is -1.75. The van der Waals surface area contributed by atoms with E-state index in [-0.39, 0.29) is 12.2 Å². The van der Waals surface area contributed by atoms with Gasteiger partial charge in [-0.25, -0.2) is 0 Å². The highest BCUT2D eigenvalue weighted by Gasteiger charge is 1.88. The monoisotopic (exact) mass is 98.0 g/mol. The van der Waals surface area contributed by atoms with Crippen LogP contribution in [0.25, 0.3) is 0 Å². The van der Waals surface area contributed by atoms with Gasteiger partial charge < -0.3 is 4.79 Å². The molecule has 0 atom stereocenters. The first-order valence-electron chi connectivity index (χ1n) is 1.90. The number of carbonyl (C=O) groups is 2. The van der Waals surface area contributed by atoms with Gasteiger partial charge in [-0.3, -0.25) is 4.79 Å². The molecule has 0 saturated heterocycles. The Labute approximate surface area is 41.8 Å². The third kappa shape index (κ3) is 2.89. The van der Waals surface area contributed by atoms with Crippen molar-refractivity contribution in [1.29, 1.82) is 0 Å². The summed E-state index contributed by atoms with van der Waals surface area (Å²) >= 11 is 0. The quantitative estimate of drug-likeness (QED) is 0.289. The van der Waals surface area contributed by atoms with Crippen LogP contribution in [0.4, 0.5) is 0 Å². The highest BCUT2D eigenvalue weighted by Crippen LogP contribution is 1.75. The number of ketones is 1. The Morgan fingerprint density at radius 2 is 2.29 bits per heavy atom. The maximum Gasteiger partial charge on any atom is 0.162 e. The van der Waals surface area contributed by atoms with Crippen LogP contribution < -0.4 is 0 Å². The van der Waals surface area contributed by atoms with Gasteiger partial charge in [0.1, 0.15) is 6.29 Å². The second-order valence-corrected chi connectivity index (χ2v) is 1.04. The van der Waals surface area contributed by atoms with Crippen LogP contribution in [-0.4, -0.2) is 12.1 Å². The van der Waals surface area contributed by atoms with Crippen molar-refractivity contribution in [3.8, 4) is 0 Å².